The molecular formula is C31H35FN4O5. The van der Waals surface area contributed by atoms with Crippen LogP contribution in [-0.2, 0) is 25.5 Å². The molecule has 216 valence electrons. The quantitative estimate of drug-likeness (QED) is 0.198. The zero-order valence-electron chi connectivity index (χ0n) is 23.3. The second-order valence-corrected chi connectivity index (χ2v) is 10.2. The highest BCUT2D eigenvalue weighted by Crippen LogP contribution is 2.19. The van der Waals surface area contributed by atoms with Crippen LogP contribution in [-0.4, -0.2) is 36.5 Å². The van der Waals surface area contributed by atoms with Crippen LogP contribution in [0.5, 0.6) is 0 Å². The van der Waals surface area contributed by atoms with Gasteiger partial charge in [0.15, 0.2) is 0 Å². The van der Waals surface area contributed by atoms with E-state index in [0.717, 1.165) is 5.56 Å². The molecule has 2 atom stereocenters. The van der Waals surface area contributed by atoms with E-state index in [2.05, 4.69) is 16.0 Å². The first kappa shape index (κ1) is 31.0. The Morgan fingerprint density at radius 1 is 0.878 bits per heavy atom. The summed E-state index contributed by atoms with van der Waals surface area (Å²) in [5, 5.41) is 8.21. The molecule has 10 heteroatoms. The van der Waals surface area contributed by atoms with Crippen LogP contribution in [0.1, 0.15) is 42.9 Å². The average Bonchev–Trinajstić information content (AvgIpc) is 2.91. The van der Waals surface area contributed by atoms with Crippen molar-refractivity contribution in [1.29, 1.82) is 0 Å². The summed E-state index contributed by atoms with van der Waals surface area (Å²) in [6.45, 7) is 5.50. The van der Waals surface area contributed by atoms with Crippen LogP contribution < -0.4 is 21.7 Å². The van der Waals surface area contributed by atoms with E-state index in [-0.39, 0.29) is 24.8 Å². The molecule has 0 saturated heterocycles. The topological polar surface area (TPSA) is 140 Å². The molecule has 41 heavy (non-hydrogen) atoms. The van der Waals surface area contributed by atoms with Crippen LogP contribution in [0.25, 0.3) is 0 Å². The van der Waals surface area contributed by atoms with E-state index in [9.17, 15) is 23.6 Å². The number of nitrogens with two attached hydrogens (primary N) is 1. The molecule has 5 N–H and O–H groups in total. The van der Waals surface area contributed by atoms with Crippen molar-refractivity contribution >= 4 is 35.3 Å². The van der Waals surface area contributed by atoms with Crippen molar-refractivity contribution in [3.8, 4) is 0 Å². The van der Waals surface area contributed by atoms with Crippen molar-refractivity contribution in [3.63, 3.8) is 0 Å². The maximum absolute atomic E-state index is 13.5. The lowest BCUT2D eigenvalue weighted by Crippen LogP contribution is -2.38. The van der Waals surface area contributed by atoms with Gasteiger partial charge in [-0.1, -0.05) is 56.3 Å². The van der Waals surface area contributed by atoms with Crippen LogP contribution in [0.4, 0.5) is 20.6 Å². The number of carbonyl (C=O) groups is 4. The van der Waals surface area contributed by atoms with Gasteiger partial charge in [-0.05, 0) is 66.3 Å². The van der Waals surface area contributed by atoms with Gasteiger partial charge < -0.3 is 26.4 Å². The first-order valence-electron chi connectivity index (χ1n) is 13.3. The third-order valence-electron chi connectivity index (χ3n) is 6.26. The number of para-hydroxylation sites is 1. The first-order chi connectivity index (χ1) is 19.5. The fourth-order valence-electron chi connectivity index (χ4n) is 4.05. The number of carbonyl (C=O) groups excluding carboxylic acids is 4. The fraction of sp³-hybridized carbons (Fsp3) is 0.290. The second-order valence-electron chi connectivity index (χ2n) is 10.2. The van der Waals surface area contributed by atoms with Crippen LogP contribution in [0.3, 0.4) is 0 Å². The minimum Gasteiger partial charge on any atom is -0.391 e. The van der Waals surface area contributed by atoms with Crippen LogP contribution in [0.2, 0.25) is 0 Å². The number of amides is 3. The summed E-state index contributed by atoms with van der Waals surface area (Å²) in [6.07, 6.45) is 0.342. The number of halogens is 1. The summed E-state index contributed by atoms with van der Waals surface area (Å²) >= 11 is 0. The number of nitrogens with one attached hydrogen (secondary N) is 3. The molecule has 0 aromatic heterocycles. The smallest absolute Gasteiger partial charge is 0.330 e. The highest BCUT2D eigenvalue weighted by molar-refractivity contribution is 6.00. The number of aryl methyl sites for hydroxylation is 1. The zero-order chi connectivity index (χ0) is 29.9. The Morgan fingerprint density at radius 2 is 1.54 bits per heavy atom. The second kappa shape index (κ2) is 14.7. The van der Waals surface area contributed by atoms with E-state index in [0.29, 0.717) is 28.9 Å². The van der Waals surface area contributed by atoms with Crippen molar-refractivity contribution in [2.75, 3.05) is 17.2 Å². The number of anilines is 2. The minimum absolute atomic E-state index is 0.000928. The van der Waals surface area contributed by atoms with Gasteiger partial charge in [-0.3, -0.25) is 9.59 Å². The van der Waals surface area contributed by atoms with Crippen molar-refractivity contribution in [2.45, 2.75) is 45.6 Å². The van der Waals surface area contributed by atoms with Gasteiger partial charge in [0.25, 0.3) is 0 Å². The average molecular weight is 563 g/mol. The summed E-state index contributed by atoms with van der Waals surface area (Å²) in [4.78, 5) is 50.2. The van der Waals surface area contributed by atoms with Crippen LogP contribution in [0.15, 0.2) is 72.8 Å². The number of urea groups is 1. The van der Waals surface area contributed by atoms with Gasteiger partial charge in [0.2, 0.25) is 5.91 Å². The first-order valence-corrected chi connectivity index (χ1v) is 13.3. The van der Waals surface area contributed by atoms with E-state index >= 15 is 0 Å². The summed E-state index contributed by atoms with van der Waals surface area (Å²) in [5.41, 5.74) is 9.05. The van der Waals surface area contributed by atoms with E-state index in [1.165, 1.54) is 24.3 Å². The predicted octanol–water partition coefficient (Wildman–Crippen LogP) is 4.66. The third kappa shape index (κ3) is 9.84. The highest BCUT2D eigenvalue weighted by Gasteiger charge is 2.28. The lowest BCUT2D eigenvalue weighted by molar-refractivity contribution is -0.161. The van der Waals surface area contributed by atoms with Crippen LogP contribution >= 0.6 is 0 Å². The number of esters is 2. The molecule has 0 aliphatic rings. The molecule has 3 rings (SSSR count). The Bertz CT molecular complexity index is 1360. The standard InChI is InChI=1S/C31H35FN4O5/c1-19(2)16-26(33)30(39)41-29(38)25(22-10-12-23(32)13-11-22)18-34-28(37)17-21-8-14-24(15-9-21)35-31(40)36-27-7-5-4-6-20(27)3/h4-15,19,25-26H,16-18,33H2,1-3H3,(H,34,37)(H2,35,36,40)/t25?,26-/m0/s1. The maximum atomic E-state index is 13.5. The molecule has 1 unspecified atom stereocenters. The molecule has 9 nitrogen and oxygen atoms in total. The summed E-state index contributed by atoms with van der Waals surface area (Å²) in [7, 11) is 0. The summed E-state index contributed by atoms with van der Waals surface area (Å²) < 4.78 is 18.5. The molecule has 0 bridgehead atoms. The number of ether oxygens (including phenoxy) is 1. The lowest BCUT2D eigenvalue weighted by Gasteiger charge is -2.18. The third-order valence-corrected chi connectivity index (χ3v) is 6.26. The van der Waals surface area contributed by atoms with E-state index < -0.39 is 35.7 Å². The van der Waals surface area contributed by atoms with Crippen molar-refractivity contribution < 1.29 is 28.3 Å². The number of rotatable bonds is 11. The minimum atomic E-state index is -1.05. The molecule has 0 saturated carbocycles. The van der Waals surface area contributed by atoms with Gasteiger partial charge in [0.1, 0.15) is 11.9 Å². The molecule has 0 radical (unpaired) electrons. The lowest BCUT2D eigenvalue weighted by atomic mass is 9.98. The molecule has 0 fully saturated rings. The van der Waals surface area contributed by atoms with Crippen molar-refractivity contribution in [3.05, 3.63) is 95.3 Å². The van der Waals surface area contributed by atoms with E-state index in [4.69, 9.17) is 10.5 Å². The van der Waals surface area contributed by atoms with Gasteiger partial charge >= 0.3 is 18.0 Å². The molecule has 3 amide bonds. The SMILES string of the molecule is Cc1ccccc1NC(=O)Nc1ccc(CC(=O)NCC(C(=O)OC(=O)[C@@H](N)CC(C)C)c2ccc(F)cc2)cc1. The van der Waals surface area contributed by atoms with Crippen molar-refractivity contribution in [1.82, 2.24) is 5.32 Å². The highest BCUT2D eigenvalue weighted by atomic mass is 19.1. The van der Waals surface area contributed by atoms with Crippen LogP contribution in [0, 0.1) is 18.7 Å². The Labute approximate surface area is 238 Å². The zero-order valence-corrected chi connectivity index (χ0v) is 23.3. The van der Waals surface area contributed by atoms with E-state index in [1.54, 1.807) is 30.3 Å². The fourth-order valence-corrected chi connectivity index (χ4v) is 4.05. The molecule has 0 spiro atoms. The Kier molecular flexibility index (Phi) is 11.1. The molecule has 3 aromatic carbocycles. The normalized spacial score (nSPS) is 12.2. The Hall–Kier alpha value is -4.57. The molecular weight excluding hydrogens is 527 g/mol. The monoisotopic (exact) mass is 562 g/mol. The largest absolute Gasteiger partial charge is 0.391 e. The molecule has 0 aliphatic carbocycles. The Morgan fingerprint density at radius 3 is 2.17 bits per heavy atom. The molecule has 3 aromatic rings. The Balaban J connectivity index is 1.57. The molecule has 0 aliphatic heterocycles. The molecule has 0 heterocycles. The maximum Gasteiger partial charge on any atom is 0.330 e. The summed E-state index contributed by atoms with van der Waals surface area (Å²) in [5.74, 6) is -3.55. The van der Waals surface area contributed by atoms with Gasteiger partial charge in [-0.25, -0.2) is 14.0 Å². The van der Waals surface area contributed by atoms with Gasteiger partial charge in [-0.2, -0.15) is 0 Å². The number of hydrogen-bond donors (Lipinski definition) is 4. The van der Waals surface area contributed by atoms with Gasteiger partial charge in [0.05, 0.1) is 12.3 Å². The van der Waals surface area contributed by atoms with Gasteiger partial charge in [-0.15, -0.1) is 0 Å². The van der Waals surface area contributed by atoms with Crippen molar-refractivity contribution in [2.24, 2.45) is 11.7 Å². The summed E-state index contributed by atoms with van der Waals surface area (Å²) in [6, 6.07) is 17.9. The van der Waals surface area contributed by atoms with Gasteiger partial charge in [0, 0.05) is 17.9 Å². The number of hydrogen-bond acceptors (Lipinski definition) is 6. The number of benzene rings is 3. The predicted molar refractivity (Wildman–Crippen MR) is 155 cm³/mol. The van der Waals surface area contributed by atoms with E-state index in [1.807, 2.05) is 39.0 Å².